The maximum atomic E-state index is 16.3. The van der Waals surface area contributed by atoms with E-state index in [-0.39, 0.29) is 5.56 Å². The molecular weight excluding hydrogens is 689 g/mol. The zero-order valence-corrected chi connectivity index (χ0v) is 29.9. The van der Waals surface area contributed by atoms with E-state index in [1.165, 1.54) is 15.3 Å². The third-order valence-corrected chi connectivity index (χ3v) is 10.8. The Morgan fingerprint density at radius 3 is 1.18 bits per heavy atom. The molecule has 3 N–H and O–H groups in total. The molecule has 2 heterocycles. The second kappa shape index (κ2) is 14.9. The highest BCUT2D eigenvalue weighted by Gasteiger charge is 2.49. The number of hydrogen-bond donors (Lipinski definition) is 3. The Morgan fingerprint density at radius 1 is 0.509 bits per heavy atom. The quantitative estimate of drug-likeness (QED) is 0.153. The molecule has 2 unspecified atom stereocenters. The predicted molar refractivity (Wildman–Crippen MR) is 211 cm³/mol. The van der Waals surface area contributed by atoms with Crippen LogP contribution in [-0.2, 0) is 15.7 Å². The average molecular weight is 729 g/mol. The highest BCUT2D eigenvalue weighted by molar-refractivity contribution is 5.60. The highest BCUT2D eigenvalue weighted by Crippen LogP contribution is 2.45. The van der Waals surface area contributed by atoms with Gasteiger partial charge >= 0.3 is 5.69 Å². The van der Waals surface area contributed by atoms with Crippen LogP contribution < -0.4 is 11.2 Å². The number of ether oxygens (including phenoxy) is 1. The van der Waals surface area contributed by atoms with Crippen molar-refractivity contribution >= 4 is 0 Å². The van der Waals surface area contributed by atoms with Gasteiger partial charge in [0.05, 0.1) is 17.6 Å². The molecule has 0 radical (unpaired) electrons. The van der Waals surface area contributed by atoms with E-state index in [4.69, 9.17) is 4.74 Å². The molecule has 8 nitrogen and oxygen atoms in total. The van der Waals surface area contributed by atoms with Crippen molar-refractivity contribution in [2.45, 2.75) is 35.5 Å². The van der Waals surface area contributed by atoms with E-state index in [0.29, 0.717) is 16.7 Å². The summed E-state index contributed by atoms with van der Waals surface area (Å²) in [5.74, 6) is 0. The van der Waals surface area contributed by atoms with E-state index in [2.05, 4.69) is 0 Å². The summed E-state index contributed by atoms with van der Waals surface area (Å²) in [7, 11) is 0. The zero-order chi connectivity index (χ0) is 38.0. The minimum Gasteiger partial charge on any atom is -0.394 e. The average Bonchev–Trinajstić information content (AvgIpc) is 3.54. The maximum absolute atomic E-state index is 16.3. The third kappa shape index (κ3) is 5.78. The van der Waals surface area contributed by atoms with Gasteiger partial charge in [-0.25, -0.2) is 9.36 Å². The maximum Gasteiger partial charge on any atom is 0.334 e. The van der Waals surface area contributed by atoms with Gasteiger partial charge in [-0.15, -0.1) is 0 Å². The van der Waals surface area contributed by atoms with Crippen molar-refractivity contribution in [2.75, 3.05) is 6.61 Å². The molecule has 0 aliphatic carbocycles. The fourth-order valence-corrected chi connectivity index (χ4v) is 8.37. The van der Waals surface area contributed by atoms with Gasteiger partial charge < -0.3 is 20.1 Å². The largest absolute Gasteiger partial charge is 0.394 e. The lowest BCUT2D eigenvalue weighted by Gasteiger charge is -2.41. The first kappa shape index (κ1) is 35.8. The van der Waals surface area contributed by atoms with Crippen LogP contribution >= 0.6 is 0 Å². The monoisotopic (exact) mass is 728 g/mol. The topological polar surface area (TPSA) is 114 Å². The number of aliphatic hydroxyl groups is 3. The normalized spacial score (nSPS) is 18.6. The van der Waals surface area contributed by atoms with Gasteiger partial charge in [0.2, 0.25) is 0 Å². The number of rotatable bonds is 10. The molecule has 0 spiro atoms. The van der Waals surface area contributed by atoms with E-state index >= 15 is 9.59 Å². The lowest BCUT2D eigenvalue weighted by atomic mass is 9.65. The van der Waals surface area contributed by atoms with E-state index in [1.807, 2.05) is 182 Å². The van der Waals surface area contributed by atoms with Gasteiger partial charge in [-0.2, -0.15) is 0 Å². The Balaban J connectivity index is 1.63. The van der Waals surface area contributed by atoms with Crippen molar-refractivity contribution in [3.8, 4) is 0 Å². The second-order valence-electron chi connectivity index (χ2n) is 13.8. The number of aromatic nitrogens is 2. The molecule has 1 aromatic heterocycles. The van der Waals surface area contributed by atoms with Gasteiger partial charge in [-0.05, 0) is 33.4 Å². The predicted octanol–water partition coefficient (Wildman–Crippen LogP) is 5.84. The molecule has 55 heavy (non-hydrogen) atoms. The summed E-state index contributed by atoms with van der Waals surface area (Å²) in [5.41, 5.74) is 0.121. The van der Waals surface area contributed by atoms with E-state index in [9.17, 15) is 15.3 Å². The highest BCUT2D eigenvalue weighted by atomic mass is 16.6. The third-order valence-electron chi connectivity index (χ3n) is 10.8. The van der Waals surface area contributed by atoms with Crippen molar-refractivity contribution in [1.29, 1.82) is 0 Å². The summed E-state index contributed by atoms with van der Waals surface area (Å²) in [6.45, 7) is -0.597. The number of nitrogens with zero attached hydrogens (tertiary/aromatic N) is 2. The Morgan fingerprint density at radius 2 is 0.855 bits per heavy atom. The molecule has 1 aliphatic rings. The first-order valence-electron chi connectivity index (χ1n) is 18.3. The van der Waals surface area contributed by atoms with Crippen LogP contribution in [-0.4, -0.2) is 49.4 Å². The van der Waals surface area contributed by atoms with Gasteiger partial charge in [-0.1, -0.05) is 182 Å². The summed E-state index contributed by atoms with van der Waals surface area (Å²) in [5, 5.41) is 32.8. The van der Waals surface area contributed by atoms with Crippen LogP contribution in [0.2, 0.25) is 0 Å². The van der Waals surface area contributed by atoms with Crippen molar-refractivity contribution in [2.24, 2.45) is 0 Å². The summed E-state index contributed by atoms with van der Waals surface area (Å²) in [6.07, 6.45) is -4.30. The molecule has 7 aromatic rings. The second-order valence-corrected chi connectivity index (χ2v) is 13.8. The van der Waals surface area contributed by atoms with Crippen LogP contribution in [0.25, 0.3) is 0 Å². The van der Waals surface area contributed by atoms with Crippen LogP contribution in [0, 0.1) is 0 Å². The van der Waals surface area contributed by atoms with E-state index < -0.39 is 53.3 Å². The number of aliphatic hydroxyl groups excluding tert-OH is 3. The van der Waals surface area contributed by atoms with Crippen LogP contribution in [0.15, 0.2) is 198 Å². The minimum absolute atomic E-state index is 0.195. The molecule has 8 rings (SSSR count). The van der Waals surface area contributed by atoms with Crippen molar-refractivity contribution < 1.29 is 20.1 Å². The SMILES string of the molecule is O=c1c(C(c2ccccc2)(c2ccccc2)c2ccccc2)cn([C@H]2O[C@@H](CO)C(O)C2O)c(=O)n1C(c1ccccc1)(c1ccccc1)c1ccccc1. The lowest BCUT2D eigenvalue weighted by molar-refractivity contribution is -0.0560. The Kier molecular flexibility index (Phi) is 9.73. The molecular formula is C47H40N2O6. The fourth-order valence-electron chi connectivity index (χ4n) is 8.37. The fraction of sp³-hybridized carbons (Fsp3) is 0.149. The zero-order valence-electron chi connectivity index (χ0n) is 29.9. The van der Waals surface area contributed by atoms with Gasteiger partial charge in [0.15, 0.2) is 6.23 Å². The molecule has 0 saturated carbocycles. The number of benzene rings is 6. The molecule has 1 aliphatic heterocycles. The van der Waals surface area contributed by atoms with E-state index in [1.54, 1.807) is 0 Å². The summed E-state index contributed by atoms with van der Waals surface area (Å²) >= 11 is 0. The van der Waals surface area contributed by atoms with Crippen LogP contribution in [0.3, 0.4) is 0 Å². The van der Waals surface area contributed by atoms with Crippen LogP contribution in [0.1, 0.15) is 45.2 Å². The first-order chi connectivity index (χ1) is 26.9. The summed E-state index contributed by atoms with van der Waals surface area (Å²) in [4.78, 5) is 32.0. The summed E-state index contributed by atoms with van der Waals surface area (Å²) in [6, 6.07) is 57.3. The minimum atomic E-state index is -1.62. The molecule has 6 aromatic carbocycles. The molecule has 8 heteroatoms. The van der Waals surface area contributed by atoms with Gasteiger partial charge in [-0.3, -0.25) is 9.36 Å². The Labute approximate surface area is 318 Å². The van der Waals surface area contributed by atoms with Crippen LogP contribution in [0.4, 0.5) is 0 Å². The number of hydrogen-bond acceptors (Lipinski definition) is 6. The first-order valence-corrected chi connectivity index (χ1v) is 18.3. The molecule has 4 atom stereocenters. The molecule has 0 amide bonds. The van der Waals surface area contributed by atoms with Crippen LogP contribution in [0.5, 0.6) is 0 Å². The lowest BCUT2D eigenvalue weighted by Crippen LogP contribution is -2.57. The summed E-state index contributed by atoms with van der Waals surface area (Å²) < 4.78 is 8.60. The van der Waals surface area contributed by atoms with Gasteiger partial charge in [0.1, 0.15) is 23.9 Å². The standard InChI is InChI=1S/C47H40N2O6/c50-32-40-41(51)42(52)44(55-40)48-31-39(46(33-19-7-1-8-20-33,34-21-9-2-10-22-34)35-23-11-3-12-24-35)43(53)49(45(48)54)47(36-25-13-4-14-26-36,37-27-15-5-16-28-37)38-29-17-6-18-30-38/h1-31,40-42,44,50-52H,32H2/t40-,41?,42?,44-/m0/s1. The van der Waals surface area contributed by atoms with Crippen molar-refractivity contribution in [3.63, 3.8) is 0 Å². The molecule has 274 valence electrons. The van der Waals surface area contributed by atoms with Crippen molar-refractivity contribution in [3.05, 3.63) is 248 Å². The van der Waals surface area contributed by atoms with E-state index in [0.717, 1.165) is 16.7 Å². The Bertz CT molecular complexity index is 2280. The van der Waals surface area contributed by atoms with Gasteiger partial charge in [0.25, 0.3) is 5.56 Å². The molecule has 0 bridgehead atoms. The smallest absolute Gasteiger partial charge is 0.334 e. The van der Waals surface area contributed by atoms with Crippen molar-refractivity contribution in [1.82, 2.24) is 9.13 Å². The Hall–Kier alpha value is -6.16. The van der Waals surface area contributed by atoms with Gasteiger partial charge in [0, 0.05) is 6.20 Å². The molecule has 1 fully saturated rings. The molecule has 1 saturated heterocycles.